The molecule has 0 amide bonds. The zero-order valence-corrected chi connectivity index (χ0v) is 13.1. The molecular formula is C19H13NO2S. The number of para-hydroxylation sites is 2. The molecule has 4 heteroatoms. The maximum absolute atomic E-state index is 12.4. The smallest absolute Gasteiger partial charge is 0.346 e. The predicted molar refractivity (Wildman–Crippen MR) is 95.0 cm³/mol. The lowest BCUT2D eigenvalue weighted by Crippen LogP contribution is -2.03. The minimum Gasteiger partial charge on any atom is -0.422 e. The second-order valence-electron chi connectivity index (χ2n) is 5.26. The summed E-state index contributed by atoms with van der Waals surface area (Å²) < 4.78 is 6.65. The van der Waals surface area contributed by atoms with Gasteiger partial charge >= 0.3 is 5.63 Å². The van der Waals surface area contributed by atoms with Crippen molar-refractivity contribution in [2.45, 2.75) is 6.42 Å². The van der Waals surface area contributed by atoms with Crippen LogP contribution in [0, 0.1) is 0 Å². The number of rotatable bonds is 3. The molecule has 0 fully saturated rings. The number of allylic oxidation sites excluding steroid dienone is 1. The molecule has 2 aromatic carbocycles. The number of benzene rings is 2. The highest BCUT2D eigenvalue weighted by atomic mass is 32.1. The molecule has 0 aliphatic rings. The Morgan fingerprint density at radius 2 is 2.04 bits per heavy atom. The van der Waals surface area contributed by atoms with E-state index in [1.54, 1.807) is 6.08 Å². The van der Waals surface area contributed by atoms with Crippen LogP contribution in [0.4, 0.5) is 0 Å². The van der Waals surface area contributed by atoms with Crippen LogP contribution in [-0.2, 0) is 6.42 Å². The molecule has 2 aromatic heterocycles. The Morgan fingerprint density at radius 1 is 1.17 bits per heavy atom. The van der Waals surface area contributed by atoms with Crippen LogP contribution in [0.5, 0.6) is 0 Å². The summed E-state index contributed by atoms with van der Waals surface area (Å²) in [7, 11) is 0. The first-order chi connectivity index (χ1) is 11.3. The van der Waals surface area contributed by atoms with E-state index < -0.39 is 0 Å². The van der Waals surface area contributed by atoms with Gasteiger partial charge in [0, 0.05) is 5.39 Å². The van der Waals surface area contributed by atoms with E-state index in [4.69, 9.17) is 4.42 Å². The predicted octanol–water partition coefficient (Wildman–Crippen LogP) is 4.80. The lowest BCUT2D eigenvalue weighted by Gasteiger charge is -2.04. The first-order valence-electron chi connectivity index (χ1n) is 7.29. The Morgan fingerprint density at radius 3 is 2.87 bits per heavy atom. The van der Waals surface area contributed by atoms with Gasteiger partial charge in [0.05, 0.1) is 15.8 Å². The molecule has 3 nitrogen and oxygen atoms in total. The second-order valence-corrected chi connectivity index (χ2v) is 6.29. The molecule has 0 aliphatic carbocycles. The third-order valence-corrected chi connectivity index (χ3v) is 4.80. The van der Waals surface area contributed by atoms with Crippen LogP contribution in [0.3, 0.4) is 0 Å². The van der Waals surface area contributed by atoms with Gasteiger partial charge in [-0.3, -0.25) is 0 Å². The molecule has 0 saturated heterocycles. The quantitative estimate of drug-likeness (QED) is 0.402. The van der Waals surface area contributed by atoms with Crippen molar-refractivity contribution in [1.29, 1.82) is 0 Å². The first kappa shape index (κ1) is 13.9. The summed E-state index contributed by atoms with van der Waals surface area (Å²) in [6, 6.07) is 15.6. The van der Waals surface area contributed by atoms with E-state index in [9.17, 15) is 4.79 Å². The maximum atomic E-state index is 12.4. The fourth-order valence-electron chi connectivity index (χ4n) is 2.66. The molecule has 0 atom stereocenters. The summed E-state index contributed by atoms with van der Waals surface area (Å²) in [5, 5.41) is 1.59. The monoisotopic (exact) mass is 319 g/mol. The number of fused-ring (bicyclic) bond motifs is 2. The topological polar surface area (TPSA) is 43.1 Å². The molecule has 23 heavy (non-hydrogen) atoms. The molecule has 0 N–H and O–H groups in total. The van der Waals surface area contributed by atoms with Crippen molar-refractivity contribution < 1.29 is 4.42 Å². The van der Waals surface area contributed by atoms with Crippen LogP contribution in [0.25, 0.3) is 31.8 Å². The van der Waals surface area contributed by atoms with Gasteiger partial charge in [-0.25, -0.2) is 9.78 Å². The summed E-state index contributed by atoms with van der Waals surface area (Å²) in [6.45, 7) is 3.75. The highest BCUT2D eigenvalue weighted by Crippen LogP contribution is 2.30. The third-order valence-electron chi connectivity index (χ3n) is 3.73. The van der Waals surface area contributed by atoms with Gasteiger partial charge in [-0.2, -0.15) is 0 Å². The zero-order chi connectivity index (χ0) is 15.8. The van der Waals surface area contributed by atoms with Gasteiger partial charge in [-0.1, -0.05) is 36.4 Å². The second kappa shape index (κ2) is 5.48. The van der Waals surface area contributed by atoms with E-state index in [-0.39, 0.29) is 5.63 Å². The maximum Gasteiger partial charge on any atom is 0.346 e. The van der Waals surface area contributed by atoms with E-state index >= 15 is 0 Å². The van der Waals surface area contributed by atoms with Crippen LogP contribution in [0.2, 0.25) is 0 Å². The van der Waals surface area contributed by atoms with E-state index in [1.165, 1.54) is 11.3 Å². The molecule has 4 rings (SSSR count). The van der Waals surface area contributed by atoms with E-state index in [2.05, 4.69) is 11.6 Å². The highest BCUT2D eigenvalue weighted by molar-refractivity contribution is 7.21. The van der Waals surface area contributed by atoms with Crippen LogP contribution < -0.4 is 5.63 Å². The lowest BCUT2D eigenvalue weighted by molar-refractivity contribution is 0.560. The Labute approximate surface area is 136 Å². The highest BCUT2D eigenvalue weighted by Gasteiger charge is 2.13. The molecular weight excluding hydrogens is 306 g/mol. The molecule has 112 valence electrons. The summed E-state index contributed by atoms with van der Waals surface area (Å²) >= 11 is 1.50. The molecule has 0 unspecified atom stereocenters. The van der Waals surface area contributed by atoms with Gasteiger partial charge < -0.3 is 4.42 Å². The van der Waals surface area contributed by atoms with Crippen molar-refractivity contribution >= 4 is 32.5 Å². The molecule has 2 heterocycles. The Balaban J connectivity index is 1.95. The average molecular weight is 319 g/mol. The Bertz CT molecular complexity index is 1060. The molecule has 0 radical (unpaired) electrons. The third kappa shape index (κ3) is 2.37. The minimum atomic E-state index is -0.354. The average Bonchev–Trinajstić information content (AvgIpc) is 2.99. The molecule has 0 aliphatic heterocycles. The van der Waals surface area contributed by atoms with Gasteiger partial charge in [0.25, 0.3) is 0 Å². The summed E-state index contributed by atoms with van der Waals surface area (Å²) in [5.74, 6) is 0. The fraction of sp³-hybridized carbons (Fsp3) is 0.0526. The minimum absolute atomic E-state index is 0.354. The van der Waals surface area contributed by atoms with Crippen molar-refractivity contribution in [3.05, 3.63) is 77.2 Å². The SMILES string of the molecule is C=CCc1cccc2cc(-c3nc4ccccc4s3)c(=O)oc12. The molecule has 0 bridgehead atoms. The molecule has 0 spiro atoms. The van der Waals surface area contributed by atoms with Crippen LogP contribution >= 0.6 is 11.3 Å². The largest absolute Gasteiger partial charge is 0.422 e. The number of aromatic nitrogens is 1. The van der Waals surface area contributed by atoms with E-state index in [0.29, 0.717) is 22.6 Å². The fourth-order valence-corrected chi connectivity index (χ4v) is 3.63. The standard InChI is InChI=1S/C19H13NO2S/c1-2-6-12-7-5-8-13-11-14(19(21)22-17(12)13)18-20-15-9-3-4-10-16(15)23-18/h2-5,7-11H,1,6H2. The van der Waals surface area contributed by atoms with Gasteiger partial charge in [0.15, 0.2) is 0 Å². The summed E-state index contributed by atoms with van der Waals surface area (Å²) in [5.41, 5.74) is 2.64. The van der Waals surface area contributed by atoms with Crippen LogP contribution in [0.1, 0.15) is 5.56 Å². The zero-order valence-electron chi connectivity index (χ0n) is 12.3. The van der Waals surface area contributed by atoms with Gasteiger partial charge in [-0.05, 0) is 30.2 Å². The lowest BCUT2D eigenvalue weighted by atomic mass is 10.1. The van der Waals surface area contributed by atoms with E-state index in [0.717, 1.165) is 21.2 Å². The van der Waals surface area contributed by atoms with Crippen LogP contribution in [0.15, 0.2) is 70.4 Å². The van der Waals surface area contributed by atoms with Crippen molar-refractivity contribution in [1.82, 2.24) is 4.98 Å². The number of hydrogen-bond acceptors (Lipinski definition) is 4. The van der Waals surface area contributed by atoms with Crippen molar-refractivity contribution in [2.24, 2.45) is 0 Å². The van der Waals surface area contributed by atoms with Crippen molar-refractivity contribution in [2.75, 3.05) is 0 Å². The first-order valence-corrected chi connectivity index (χ1v) is 8.10. The van der Waals surface area contributed by atoms with Crippen molar-refractivity contribution in [3.8, 4) is 10.6 Å². The van der Waals surface area contributed by atoms with E-state index in [1.807, 2.05) is 48.5 Å². The number of nitrogens with zero attached hydrogens (tertiary/aromatic N) is 1. The van der Waals surface area contributed by atoms with Gasteiger partial charge in [-0.15, -0.1) is 17.9 Å². The van der Waals surface area contributed by atoms with Crippen LogP contribution in [-0.4, -0.2) is 4.98 Å². The number of thiazole rings is 1. The molecule has 0 saturated carbocycles. The van der Waals surface area contributed by atoms with Crippen molar-refractivity contribution in [3.63, 3.8) is 0 Å². The summed E-state index contributed by atoms with van der Waals surface area (Å²) in [6.07, 6.45) is 2.47. The molecule has 4 aromatic rings. The summed E-state index contributed by atoms with van der Waals surface area (Å²) in [4.78, 5) is 17.0. The number of hydrogen-bond donors (Lipinski definition) is 0. The Hall–Kier alpha value is -2.72. The van der Waals surface area contributed by atoms with Gasteiger partial charge in [0.2, 0.25) is 0 Å². The van der Waals surface area contributed by atoms with Gasteiger partial charge in [0.1, 0.15) is 10.6 Å². The normalized spacial score (nSPS) is 11.1. The Kier molecular flexibility index (Phi) is 3.32.